The summed E-state index contributed by atoms with van der Waals surface area (Å²) in [5.41, 5.74) is 1.31. The van der Waals surface area contributed by atoms with Crippen molar-refractivity contribution < 1.29 is 9.47 Å². The van der Waals surface area contributed by atoms with E-state index < -0.39 is 0 Å². The van der Waals surface area contributed by atoms with Crippen LogP contribution in [0.4, 0.5) is 0 Å². The first-order valence-corrected chi connectivity index (χ1v) is 8.52. The Balaban J connectivity index is 2.76. The Morgan fingerprint density at radius 2 is 2.00 bits per heavy atom. The lowest BCUT2D eigenvalue weighted by atomic mass is 9.97. The first kappa shape index (κ1) is 18.5. The van der Waals surface area contributed by atoms with Gasteiger partial charge in [0.25, 0.3) is 0 Å². The van der Waals surface area contributed by atoms with Crippen LogP contribution in [0.25, 0.3) is 0 Å². The van der Waals surface area contributed by atoms with E-state index in [2.05, 4.69) is 54.2 Å². The van der Waals surface area contributed by atoms with E-state index in [1.54, 1.807) is 7.11 Å². The van der Waals surface area contributed by atoms with E-state index in [-0.39, 0.29) is 0 Å². The van der Waals surface area contributed by atoms with Gasteiger partial charge in [0.1, 0.15) is 12.4 Å². The number of nitrogens with one attached hydrogen (secondary N) is 1. The van der Waals surface area contributed by atoms with Gasteiger partial charge in [-0.25, -0.2) is 0 Å². The molecule has 120 valence electrons. The van der Waals surface area contributed by atoms with Gasteiger partial charge in [0.15, 0.2) is 0 Å². The third-order valence-electron chi connectivity index (χ3n) is 3.25. The normalized spacial score (nSPS) is 12.7. The standard InChI is InChI=1S/C17H28BrNO2/c1-5-8-19-16(11-13(2)3)14-6-7-17(15(18)12-14)21-10-9-20-4/h6-7,12-13,16,19H,5,8-11H2,1-4H3. The van der Waals surface area contributed by atoms with Crippen LogP contribution in [0.1, 0.15) is 45.2 Å². The fraction of sp³-hybridized carbons (Fsp3) is 0.647. The van der Waals surface area contributed by atoms with E-state index in [0.29, 0.717) is 25.2 Å². The fourth-order valence-electron chi connectivity index (χ4n) is 2.21. The SMILES string of the molecule is CCCNC(CC(C)C)c1ccc(OCCOC)c(Br)c1. The number of benzene rings is 1. The Hall–Kier alpha value is -0.580. The highest BCUT2D eigenvalue weighted by Crippen LogP contribution is 2.30. The summed E-state index contributed by atoms with van der Waals surface area (Å²) in [6.07, 6.45) is 2.28. The van der Waals surface area contributed by atoms with Crippen molar-refractivity contribution in [3.63, 3.8) is 0 Å². The number of methoxy groups -OCH3 is 1. The first-order chi connectivity index (χ1) is 10.1. The minimum Gasteiger partial charge on any atom is -0.490 e. The highest BCUT2D eigenvalue weighted by molar-refractivity contribution is 9.10. The van der Waals surface area contributed by atoms with E-state index in [4.69, 9.17) is 9.47 Å². The van der Waals surface area contributed by atoms with Crippen LogP contribution < -0.4 is 10.1 Å². The summed E-state index contributed by atoms with van der Waals surface area (Å²) in [6.45, 7) is 8.93. The van der Waals surface area contributed by atoms with E-state index >= 15 is 0 Å². The van der Waals surface area contributed by atoms with Crippen LogP contribution >= 0.6 is 15.9 Å². The maximum absolute atomic E-state index is 5.68. The lowest BCUT2D eigenvalue weighted by Gasteiger charge is -2.22. The summed E-state index contributed by atoms with van der Waals surface area (Å²) in [5, 5.41) is 3.63. The van der Waals surface area contributed by atoms with Crippen LogP contribution in [0.2, 0.25) is 0 Å². The third-order valence-corrected chi connectivity index (χ3v) is 3.87. The lowest BCUT2D eigenvalue weighted by Crippen LogP contribution is -2.23. The Bertz CT molecular complexity index is 410. The molecule has 0 heterocycles. The third kappa shape index (κ3) is 6.81. The molecule has 1 aromatic rings. The predicted octanol–water partition coefficient (Wildman–Crippen LogP) is 4.56. The summed E-state index contributed by atoms with van der Waals surface area (Å²) in [4.78, 5) is 0. The molecule has 0 aliphatic heterocycles. The van der Waals surface area contributed by atoms with Crippen LogP contribution in [0, 0.1) is 5.92 Å². The summed E-state index contributed by atoms with van der Waals surface area (Å²) in [6, 6.07) is 6.76. The molecular weight excluding hydrogens is 330 g/mol. The molecule has 0 fully saturated rings. The van der Waals surface area contributed by atoms with Crippen molar-refractivity contribution in [1.82, 2.24) is 5.32 Å². The van der Waals surface area contributed by atoms with Gasteiger partial charge in [0.05, 0.1) is 11.1 Å². The van der Waals surface area contributed by atoms with Gasteiger partial charge in [-0.05, 0) is 58.9 Å². The molecule has 4 heteroatoms. The smallest absolute Gasteiger partial charge is 0.133 e. The van der Waals surface area contributed by atoms with Gasteiger partial charge in [-0.3, -0.25) is 0 Å². The molecule has 1 N–H and O–H groups in total. The lowest BCUT2D eigenvalue weighted by molar-refractivity contribution is 0.146. The minimum atomic E-state index is 0.397. The van der Waals surface area contributed by atoms with Crippen molar-refractivity contribution in [2.45, 2.75) is 39.7 Å². The molecule has 21 heavy (non-hydrogen) atoms. The van der Waals surface area contributed by atoms with Crippen LogP contribution in [0.5, 0.6) is 5.75 Å². The van der Waals surface area contributed by atoms with Crippen molar-refractivity contribution in [3.8, 4) is 5.75 Å². The molecule has 0 aliphatic carbocycles. The second-order valence-electron chi connectivity index (χ2n) is 5.67. The fourth-order valence-corrected chi connectivity index (χ4v) is 2.72. The van der Waals surface area contributed by atoms with E-state index in [1.807, 2.05) is 6.07 Å². The molecule has 0 spiro atoms. The maximum atomic E-state index is 5.68. The molecule has 0 saturated carbocycles. The summed E-state index contributed by atoms with van der Waals surface area (Å²) >= 11 is 3.61. The minimum absolute atomic E-state index is 0.397. The van der Waals surface area contributed by atoms with Crippen LogP contribution in [-0.4, -0.2) is 26.9 Å². The summed E-state index contributed by atoms with van der Waals surface area (Å²) in [7, 11) is 1.68. The van der Waals surface area contributed by atoms with Gasteiger partial charge in [-0.2, -0.15) is 0 Å². The molecule has 0 radical (unpaired) electrons. The van der Waals surface area contributed by atoms with Crippen molar-refractivity contribution in [3.05, 3.63) is 28.2 Å². The molecule has 0 bridgehead atoms. The Kier molecular flexibility index (Phi) is 8.97. The highest BCUT2D eigenvalue weighted by Gasteiger charge is 2.14. The molecular formula is C17H28BrNO2. The van der Waals surface area contributed by atoms with Gasteiger partial charge in [0.2, 0.25) is 0 Å². The number of rotatable bonds is 10. The van der Waals surface area contributed by atoms with E-state index in [0.717, 1.165) is 29.6 Å². The van der Waals surface area contributed by atoms with Crippen molar-refractivity contribution in [2.24, 2.45) is 5.92 Å². The molecule has 1 aromatic carbocycles. The van der Waals surface area contributed by atoms with Gasteiger partial charge >= 0.3 is 0 Å². The molecule has 1 rings (SSSR count). The van der Waals surface area contributed by atoms with Gasteiger partial charge in [0, 0.05) is 13.2 Å². The number of hydrogen-bond donors (Lipinski definition) is 1. The molecule has 0 aromatic heterocycles. The Morgan fingerprint density at radius 1 is 1.24 bits per heavy atom. The van der Waals surface area contributed by atoms with Crippen molar-refractivity contribution in [1.29, 1.82) is 0 Å². The molecule has 0 amide bonds. The van der Waals surface area contributed by atoms with Crippen molar-refractivity contribution in [2.75, 3.05) is 26.9 Å². The number of ether oxygens (including phenoxy) is 2. The largest absolute Gasteiger partial charge is 0.490 e. The molecule has 0 saturated heterocycles. The van der Waals surface area contributed by atoms with E-state index in [9.17, 15) is 0 Å². The monoisotopic (exact) mass is 357 g/mol. The summed E-state index contributed by atoms with van der Waals surface area (Å²) in [5.74, 6) is 1.53. The van der Waals surface area contributed by atoms with Gasteiger partial charge in [-0.1, -0.05) is 26.8 Å². The zero-order chi connectivity index (χ0) is 15.7. The molecule has 3 nitrogen and oxygen atoms in total. The maximum Gasteiger partial charge on any atom is 0.133 e. The number of hydrogen-bond acceptors (Lipinski definition) is 3. The average molecular weight is 358 g/mol. The molecule has 1 atom stereocenters. The molecule has 0 aliphatic rings. The van der Waals surface area contributed by atoms with Crippen LogP contribution in [-0.2, 0) is 4.74 Å². The van der Waals surface area contributed by atoms with Crippen LogP contribution in [0.15, 0.2) is 22.7 Å². The van der Waals surface area contributed by atoms with Crippen LogP contribution in [0.3, 0.4) is 0 Å². The molecule has 1 unspecified atom stereocenters. The number of halogens is 1. The average Bonchev–Trinajstić information content (AvgIpc) is 2.45. The highest BCUT2D eigenvalue weighted by atomic mass is 79.9. The Labute approximate surface area is 137 Å². The van der Waals surface area contributed by atoms with Gasteiger partial charge in [-0.15, -0.1) is 0 Å². The zero-order valence-electron chi connectivity index (χ0n) is 13.6. The van der Waals surface area contributed by atoms with Gasteiger partial charge < -0.3 is 14.8 Å². The predicted molar refractivity (Wildman–Crippen MR) is 92.0 cm³/mol. The quantitative estimate of drug-likeness (QED) is 0.622. The first-order valence-electron chi connectivity index (χ1n) is 7.73. The zero-order valence-corrected chi connectivity index (χ0v) is 15.2. The topological polar surface area (TPSA) is 30.5 Å². The van der Waals surface area contributed by atoms with E-state index in [1.165, 1.54) is 5.56 Å². The Morgan fingerprint density at radius 3 is 2.57 bits per heavy atom. The summed E-state index contributed by atoms with van der Waals surface area (Å²) < 4.78 is 11.7. The van der Waals surface area contributed by atoms with Crippen molar-refractivity contribution >= 4 is 15.9 Å². The second kappa shape index (κ2) is 10.2. The second-order valence-corrected chi connectivity index (χ2v) is 6.52.